The van der Waals surface area contributed by atoms with Gasteiger partial charge in [0, 0.05) is 11.3 Å². The SMILES string of the molecule is COc1ccc([C@@]2(O)CN(c3cccc(C)c3C)C3=[N+]2CCCS3)cc1OC. The fourth-order valence-corrected chi connectivity index (χ4v) is 5.22. The van der Waals surface area contributed by atoms with Crippen LogP contribution >= 0.6 is 11.8 Å². The number of thioether (sulfide) groups is 1. The molecular weight excluding hydrogens is 372 g/mol. The molecule has 0 aromatic heterocycles. The number of aryl methyl sites for hydroxylation is 1. The molecule has 0 unspecified atom stereocenters. The Bertz CT molecular complexity index is 943. The highest BCUT2D eigenvalue weighted by molar-refractivity contribution is 8.13. The highest BCUT2D eigenvalue weighted by Crippen LogP contribution is 2.41. The van der Waals surface area contributed by atoms with E-state index in [1.54, 1.807) is 14.2 Å². The number of ether oxygens (including phenoxy) is 2. The topological polar surface area (TPSA) is 44.9 Å². The van der Waals surface area contributed by atoms with Gasteiger partial charge in [-0.25, -0.2) is 9.48 Å². The van der Waals surface area contributed by atoms with Crippen LogP contribution in [0.25, 0.3) is 0 Å². The molecule has 0 saturated carbocycles. The third-order valence-corrected chi connectivity index (χ3v) is 6.95. The lowest BCUT2D eigenvalue weighted by Gasteiger charge is -2.25. The molecule has 0 bridgehead atoms. The van der Waals surface area contributed by atoms with E-state index >= 15 is 0 Å². The first kappa shape index (κ1) is 19.2. The van der Waals surface area contributed by atoms with Crippen molar-refractivity contribution in [2.75, 3.05) is 38.0 Å². The molecule has 2 aromatic rings. The first-order valence-electron chi connectivity index (χ1n) is 9.55. The second-order valence-corrected chi connectivity index (χ2v) is 8.39. The van der Waals surface area contributed by atoms with Crippen molar-refractivity contribution in [3.63, 3.8) is 0 Å². The molecule has 0 radical (unpaired) electrons. The molecule has 1 N–H and O–H groups in total. The molecule has 0 spiro atoms. The van der Waals surface area contributed by atoms with Gasteiger partial charge in [0.1, 0.15) is 5.69 Å². The maximum absolute atomic E-state index is 11.9. The summed E-state index contributed by atoms with van der Waals surface area (Å²) >= 11 is 1.82. The molecule has 4 rings (SSSR count). The van der Waals surface area contributed by atoms with E-state index in [4.69, 9.17) is 9.47 Å². The second-order valence-electron chi connectivity index (χ2n) is 7.33. The van der Waals surface area contributed by atoms with Crippen LogP contribution in [0.3, 0.4) is 0 Å². The molecule has 2 aliphatic rings. The normalized spacial score (nSPS) is 21.7. The number of rotatable bonds is 4. The molecular formula is C22H27N2O3S+. The van der Waals surface area contributed by atoms with E-state index in [2.05, 4.69) is 41.5 Å². The summed E-state index contributed by atoms with van der Waals surface area (Å²) in [6.07, 6.45) is 1.05. The van der Waals surface area contributed by atoms with Gasteiger partial charge in [-0.3, -0.25) is 0 Å². The molecule has 2 aromatic carbocycles. The standard InChI is InChI=1S/C22H27N2O3S/c1-15-7-5-8-18(16(15)2)23-14-22(25,24-11-6-12-28-21(23)24)17-9-10-19(26-3)20(13-17)27-4/h5,7-10,13,25H,6,11-12,14H2,1-4H3/q+1/t22-/m0/s1. The largest absolute Gasteiger partial charge is 0.493 e. The van der Waals surface area contributed by atoms with Gasteiger partial charge in [0.2, 0.25) is 0 Å². The first-order valence-corrected chi connectivity index (χ1v) is 10.5. The van der Waals surface area contributed by atoms with Crippen molar-refractivity contribution in [2.45, 2.75) is 26.0 Å². The first-order chi connectivity index (χ1) is 13.5. The number of aliphatic hydroxyl groups is 1. The lowest BCUT2D eigenvalue weighted by molar-refractivity contribution is -0.656. The van der Waals surface area contributed by atoms with E-state index in [0.29, 0.717) is 18.0 Å². The quantitative estimate of drug-likeness (QED) is 0.798. The zero-order valence-corrected chi connectivity index (χ0v) is 17.7. The summed E-state index contributed by atoms with van der Waals surface area (Å²) in [6, 6.07) is 12.1. The van der Waals surface area contributed by atoms with E-state index in [1.165, 1.54) is 11.1 Å². The number of hydrogen-bond donors (Lipinski definition) is 1. The minimum Gasteiger partial charge on any atom is -0.493 e. The smallest absolute Gasteiger partial charge is 0.316 e. The third kappa shape index (κ3) is 2.95. The Kier molecular flexibility index (Phi) is 5.02. The fraction of sp³-hybridized carbons (Fsp3) is 0.409. The maximum atomic E-state index is 11.9. The maximum Gasteiger partial charge on any atom is 0.316 e. The molecule has 0 amide bonds. The van der Waals surface area contributed by atoms with Crippen molar-refractivity contribution in [3.05, 3.63) is 53.1 Å². The Morgan fingerprint density at radius 1 is 1.11 bits per heavy atom. The van der Waals surface area contributed by atoms with Crippen LogP contribution in [0.5, 0.6) is 11.5 Å². The van der Waals surface area contributed by atoms with E-state index in [0.717, 1.165) is 35.1 Å². The molecule has 0 saturated heterocycles. The summed E-state index contributed by atoms with van der Waals surface area (Å²) in [4.78, 5) is 2.27. The summed E-state index contributed by atoms with van der Waals surface area (Å²) in [6.45, 7) is 5.59. The van der Waals surface area contributed by atoms with Gasteiger partial charge in [-0.1, -0.05) is 12.1 Å². The van der Waals surface area contributed by atoms with E-state index in [1.807, 2.05) is 30.0 Å². The Morgan fingerprint density at radius 3 is 2.64 bits per heavy atom. The van der Waals surface area contributed by atoms with E-state index < -0.39 is 5.72 Å². The predicted molar refractivity (Wildman–Crippen MR) is 114 cm³/mol. The Hall–Kier alpha value is -2.18. The van der Waals surface area contributed by atoms with Gasteiger partial charge in [-0.05, 0) is 67.4 Å². The van der Waals surface area contributed by atoms with Crippen LogP contribution in [-0.2, 0) is 5.72 Å². The van der Waals surface area contributed by atoms with Crippen LogP contribution in [0.15, 0.2) is 36.4 Å². The number of β-amino-alcohol motifs (C(OH)–C–C–N with tert-alkyl or cyclic N) is 1. The van der Waals surface area contributed by atoms with Gasteiger partial charge in [-0.15, -0.1) is 0 Å². The molecule has 6 heteroatoms. The summed E-state index contributed by atoms with van der Waals surface area (Å²) in [5.41, 5.74) is 3.37. The van der Waals surface area contributed by atoms with Gasteiger partial charge in [0.05, 0.1) is 20.8 Å². The minimum atomic E-state index is -1.11. The third-order valence-electron chi connectivity index (χ3n) is 5.76. The molecule has 2 heterocycles. The molecule has 1 atom stereocenters. The van der Waals surface area contributed by atoms with E-state index in [-0.39, 0.29) is 0 Å². The number of benzene rings is 2. The Balaban J connectivity index is 1.82. The lowest BCUT2D eigenvalue weighted by Crippen LogP contribution is -2.41. The van der Waals surface area contributed by atoms with Crippen molar-refractivity contribution in [2.24, 2.45) is 0 Å². The van der Waals surface area contributed by atoms with Crippen LogP contribution < -0.4 is 14.4 Å². The highest BCUT2D eigenvalue weighted by atomic mass is 32.2. The van der Waals surface area contributed by atoms with Gasteiger partial charge in [-0.2, -0.15) is 0 Å². The number of anilines is 1. The Labute approximate surface area is 170 Å². The fourth-order valence-electron chi connectivity index (χ4n) is 4.05. The van der Waals surface area contributed by atoms with Crippen LogP contribution in [0.4, 0.5) is 5.69 Å². The molecule has 0 aliphatic carbocycles. The van der Waals surface area contributed by atoms with Gasteiger partial charge >= 0.3 is 5.17 Å². The van der Waals surface area contributed by atoms with Crippen molar-refractivity contribution >= 4 is 22.6 Å². The van der Waals surface area contributed by atoms with Crippen LogP contribution in [0.1, 0.15) is 23.1 Å². The zero-order valence-electron chi connectivity index (χ0n) is 16.9. The second kappa shape index (κ2) is 7.33. The van der Waals surface area contributed by atoms with Crippen LogP contribution in [-0.4, -0.2) is 47.9 Å². The summed E-state index contributed by atoms with van der Waals surface area (Å²) < 4.78 is 13.0. The number of methoxy groups -OCH3 is 2. The summed E-state index contributed by atoms with van der Waals surface area (Å²) in [5.74, 6) is 2.36. The van der Waals surface area contributed by atoms with E-state index in [9.17, 15) is 5.11 Å². The van der Waals surface area contributed by atoms with Gasteiger partial charge in [0.25, 0.3) is 5.72 Å². The predicted octanol–water partition coefficient (Wildman–Crippen LogP) is 3.49. The number of nitrogens with zero attached hydrogens (tertiary/aromatic N) is 2. The summed E-state index contributed by atoms with van der Waals surface area (Å²) in [5, 5.41) is 13.0. The average molecular weight is 400 g/mol. The van der Waals surface area contributed by atoms with Crippen LogP contribution in [0.2, 0.25) is 0 Å². The zero-order chi connectivity index (χ0) is 19.9. The average Bonchev–Trinajstić information content (AvgIpc) is 3.03. The van der Waals surface area contributed by atoms with Gasteiger partial charge in [0.15, 0.2) is 18.0 Å². The molecule has 148 valence electrons. The molecule has 28 heavy (non-hydrogen) atoms. The summed E-state index contributed by atoms with van der Waals surface area (Å²) in [7, 11) is 3.24. The molecule has 2 aliphatic heterocycles. The highest BCUT2D eigenvalue weighted by Gasteiger charge is 2.53. The van der Waals surface area contributed by atoms with Crippen molar-refractivity contribution in [1.29, 1.82) is 0 Å². The van der Waals surface area contributed by atoms with Crippen LogP contribution in [0, 0.1) is 13.8 Å². The minimum absolute atomic E-state index is 0.481. The van der Waals surface area contributed by atoms with Crippen molar-refractivity contribution in [3.8, 4) is 11.5 Å². The molecule has 5 nitrogen and oxygen atoms in total. The number of hydrogen-bond acceptors (Lipinski definition) is 5. The van der Waals surface area contributed by atoms with Crippen molar-refractivity contribution in [1.82, 2.24) is 0 Å². The van der Waals surface area contributed by atoms with Crippen molar-refractivity contribution < 1.29 is 19.2 Å². The lowest BCUT2D eigenvalue weighted by atomic mass is 10.0. The van der Waals surface area contributed by atoms with Gasteiger partial charge < -0.3 is 14.6 Å². The Morgan fingerprint density at radius 2 is 1.89 bits per heavy atom. The monoisotopic (exact) mass is 399 g/mol. The number of amidine groups is 1. The molecule has 0 fully saturated rings.